The zero-order chi connectivity index (χ0) is 13.8. The van der Waals surface area contributed by atoms with Gasteiger partial charge in [0.2, 0.25) is 0 Å². The zero-order valence-corrected chi connectivity index (χ0v) is 12.5. The highest BCUT2D eigenvalue weighted by molar-refractivity contribution is 7.84. The van der Waals surface area contributed by atoms with Crippen molar-refractivity contribution in [3.8, 4) is 0 Å². The summed E-state index contributed by atoms with van der Waals surface area (Å²) < 4.78 is 15.3. The fourth-order valence-electron chi connectivity index (χ4n) is 1.67. The minimum atomic E-state index is -1.11. The number of hydrogen-bond donors (Lipinski definition) is 1. The van der Waals surface area contributed by atoms with Crippen LogP contribution < -0.4 is 4.72 Å². The first kappa shape index (κ1) is 15.1. The van der Waals surface area contributed by atoms with Crippen LogP contribution >= 0.6 is 0 Å². The predicted molar refractivity (Wildman–Crippen MR) is 79.6 cm³/mol. The van der Waals surface area contributed by atoms with Crippen LogP contribution in [0.2, 0.25) is 0 Å². The van der Waals surface area contributed by atoms with Gasteiger partial charge in [0, 0.05) is 0 Å². The normalized spacial score (nSPS) is 16.9. The minimum Gasteiger partial charge on any atom is -0.242 e. The van der Waals surface area contributed by atoms with Gasteiger partial charge in [-0.25, -0.2) is 8.93 Å². The molecule has 0 fully saturated rings. The Hall–Kier alpha value is -0.930. The molecular weight excluding hydrogens is 242 g/mol. The van der Waals surface area contributed by atoms with Crippen molar-refractivity contribution < 1.29 is 4.21 Å². The number of benzene rings is 1. The smallest absolute Gasteiger partial charge is 0.0978 e. The van der Waals surface area contributed by atoms with Gasteiger partial charge in [0.1, 0.15) is 0 Å². The monoisotopic (exact) mass is 265 g/mol. The predicted octanol–water partition coefficient (Wildman–Crippen LogP) is 3.53. The second-order valence-electron chi connectivity index (χ2n) is 5.67. The molecule has 3 heteroatoms. The van der Waals surface area contributed by atoms with E-state index in [0.29, 0.717) is 0 Å². The molecule has 0 radical (unpaired) electrons. The maximum Gasteiger partial charge on any atom is 0.0978 e. The Morgan fingerprint density at radius 2 is 1.78 bits per heavy atom. The Kier molecular flexibility index (Phi) is 4.88. The quantitative estimate of drug-likeness (QED) is 0.811. The maximum atomic E-state index is 12.3. The average Bonchev–Trinajstić information content (AvgIpc) is 2.29. The molecule has 2 atom stereocenters. The molecule has 1 N–H and O–H groups in total. The van der Waals surface area contributed by atoms with Crippen molar-refractivity contribution in [2.24, 2.45) is 0 Å². The molecule has 100 valence electrons. The lowest BCUT2D eigenvalue weighted by molar-refractivity contribution is 0.446. The molecular formula is C15H23NOS. The number of hydrogen-bond acceptors (Lipinski definition) is 1. The van der Waals surface area contributed by atoms with Crippen LogP contribution in [-0.2, 0) is 16.5 Å². The summed E-state index contributed by atoms with van der Waals surface area (Å²) in [6.07, 6.45) is 2.60. The van der Waals surface area contributed by atoms with Crippen LogP contribution in [0, 0.1) is 0 Å². The Bertz CT molecular complexity index is 422. The molecule has 0 aromatic heterocycles. The van der Waals surface area contributed by atoms with Gasteiger partial charge in [-0.05, 0) is 39.7 Å². The number of rotatable bonds is 5. The van der Waals surface area contributed by atoms with Crippen molar-refractivity contribution in [2.45, 2.75) is 44.4 Å². The fourth-order valence-corrected chi connectivity index (χ4v) is 2.59. The van der Waals surface area contributed by atoms with Crippen molar-refractivity contribution in [3.05, 3.63) is 48.6 Å². The molecule has 0 heterocycles. The fraction of sp³-hybridized carbons (Fsp3) is 0.467. The Morgan fingerprint density at radius 3 is 2.22 bits per heavy atom. The van der Waals surface area contributed by atoms with Crippen LogP contribution in [0.15, 0.2) is 43.0 Å². The van der Waals surface area contributed by atoms with Crippen molar-refractivity contribution in [1.82, 2.24) is 4.72 Å². The molecule has 0 aliphatic rings. The Balaban J connectivity index is 3.02. The van der Waals surface area contributed by atoms with Crippen molar-refractivity contribution in [3.63, 3.8) is 0 Å². The highest BCUT2D eigenvalue weighted by atomic mass is 32.2. The molecule has 0 aliphatic heterocycles. The molecule has 2 nitrogen and oxygen atoms in total. The summed E-state index contributed by atoms with van der Waals surface area (Å²) in [4.78, 5) is 0. The topological polar surface area (TPSA) is 29.1 Å². The summed E-state index contributed by atoms with van der Waals surface area (Å²) >= 11 is 0. The van der Waals surface area contributed by atoms with Gasteiger partial charge < -0.3 is 0 Å². The van der Waals surface area contributed by atoms with Crippen LogP contribution in [-0.4, -0.2) is 8.96 Å². The first-order valence-corrected chi connectivity index (χ1v) is 7.31. The molecule has 1 rings (SSSR count). The molecule has 18 heavy (non-hydrogen) atoms. The van der Waals surface area contributed by atoms with Crippen LogP contribution in [0.25, 0.3) is 0 Å². The van der Waals surface area contributed by atoms with E-state index in [1.807, 2.05) is 45.0 Å². The van der Waals surface area contributed by atoms with Gasteiger partial charge in [0.25, 0.3) is 0 Å². The molecule has 1 unspecified atom stereocenters. The van der Waals surface area contributed by atoms with E-state index in [4.69, 9.17) is 0 Å². The molecule has 1 aromatic rings. The third kappa shape index (κ3) is 3.79. The van der Waals surface area contributed by atoms with Gasteiger partial charge in [-0.2, -0.15) is 0 Å². The third-order valence-corrected chi connectivity index (χ3v) is 4.59. The summed E-state index contributed by atoms with van der Waals surface area (Å²) in [6, 6.07) is 10.1. The summed E-state index contributed by atoms with van der Waals surface area (Å²) in [5, 5.41) is 0. The highest BCUT2D eigenvalue weighted by Gasteiger charge is 2.31. The van der Waals surface area contributed by atoms with Gasteiger partial charge in [0.15, 0.2) is 0 Å². The summed E-state index contributed by atoms with van der Waals surface area (Å²) in [5.74, 6) is 0. The van der Waals surface area contributed by atoms with Gasteiger partial charge in [-0.15, -0.1) is 6.58 Å². The molecule has 1 aromatic carbocycles. The maximum absolute atomic E-state index is 12.3. The molecule has 0 amide bonds. The first-order valence-electron chi connectivity index (χ1n) is 6.16. The highest BCUT2D eigenvalue weighted by Crippen LogP contribution is 2.27. The van der Waals surface area contributed by atoms with Gasteiger partial charge in [-0.1, -0.05) is 36.4 Å². The van der Waals surface area contributed by atoms with Crippen LogP contribution in [0.1, 0.15) is 39.7 Å². The lowest BCUT2D eigenvalue weighted by Crippen LogP contribution is -2.45. The van der Waals surface area contributed by atoms with Crippen molar-refractivity contribution in [2.75, 3.05) is 0 Å². The van der Waals surface area contributed by atoms with E-state index >= 15 is 0 Å². The van der Waals surface area contributed by atoms with Crippen LogP contribution in [0.4, 0.5) is 0 Å². The average molecular weight is 265 g/mol. The van der Waals surface area contributed by atoms with Crippen molar-refractivity contribution in [1.29, 1.82) is 0 Å². The van der Waals surface area contributed by atoms with E-state index in [2.05, 4.69) is 30.4 Å². The molecule has 0 saturated carbocycles. The summed E-state index contributed by atoms with van der Waals surface area (Å²) in [6.45, 7) is 11.8. The third-order valence-electron chi connectivity index (χ3n) is 2.84. The van der Waals surface area contributed by atoms with Gasteiger partial charge in [-0.3, -0.25) is 0 Å². The molecule has 0 spiro atoms. The van der Waals surface area contributed by atoms with E-state index in [0.717, 1.165) is 12.0 Å². The van der Waals surface area contributed by atoms with E-state index < -0.39 is 11.0 Å². The van der Waals surface area contributed by atoms with Crippen LogP contribution in [0.5, 0.6) is 0 Å². The molecule has 0 aliphatic carbocycles. The molecule has 0 saturated heterocycles. The SMILES string of the molecule is C=CC[C@@](C)(NS(=O)C(C)(C)C)c1ccccc1. The van der Waals surface area contributed by atoms with Gasteiger partial charge >= 0.3 is 0 Å². The van der Waals surface area contributed by atoms with E-state index in [-0.39, 0.29) is 10.3 Å². The van der Waals surface area contributed by atoms with E-state index in [1.165, 1.54) is 0 Å². The second kappa shape index (κ2) is 5.81. The standard InChI is InChI=1S/C15H23NOS/c1-6-12-15(5,13-10-8-7-9-11-13)16-18(17)14(2,3)4/h6-11,16H,1,12H2,2-5H3/t15-,18?/m1/s1. The Labute approximate surface area is 113 Å². The summed E-state index contributed by atoms with van der Waals surface area (Å²) in [7, 11) is -1.11. The largest absolute Gasteiger partial charge is 0.242 e. The lowest BCUT2D eigenvalue weighted by Gasteiger charge is -2.33. The summed E-state index contributed by atoms with van der Waals surface area (Å²) in [5.41, 5.74) is 0.781. The second-order valence-corrected chi connectivity index (χ2v) is 7.64. The molecule has 0 bridgehead atoms. The first-order chi connectivity index (χ1) is 8.29. The Morgan fingerprint density at radius 1 is 1.22 bits per heavy atom. The van der Waals surface area contributed by atoms with E-state index in [1.54, 1.807) is 0 Å². The van der Waals surface area contributed by atoms with E-state index in [9.17, 15) is 4.21 Å². The minimum absolute atomic E-state index is 0.281. The lowest BCUT2D eigenvalue weighted by atomic mass is 9.90. The number of nitrogens with one attached hydrogen (secondary N) is 1. The van der Waals surface area contributed by atoms with Crippen LogP contribution in [0.3, 0.4) is 0 Å². The zero-order valence-electron chi connectivity index (χ0n) is 11.7. The van der Waals surface area contributed by atoms with Gasteiger partial charge in [0.05, 0.1) is 21.3 Å². The van der Waals surface area contributed by atoms with Crippen molar-refractivity contribution >= 4 is 11.0 Å².